The lowest BCUT2D eigenvalue weighted by molar-refractivity contribution is -0.385. The Morgan fingerprint density at radius 3 is 2.57 bits per heavy atom. The lowest BCUT2D eigenvalue weighted by Gasteiger charge is -2.21. The van der Waals surface area contributed by atoms with Gasteiger partial charge in [-0.2, -0.15) is 0 Å². The number of hydrogen-bond donors (Lipinski definition) is 1. The topological polar surface area (TPSA) is 108 Å². The lowest BCUT2D eigenvalue weighted by Crippen LogP contribution is -2.05. The van der Waals surface area contributed by atoms with Gasteiger partial charge in [-0.3, -0.25) is 20.2 Å². The van der Waals surface area contributed by atoms with E-state index in [0.717, 1.165) is 0 Å². The van der Waals surface area contributed by atoms with Gasteiger partial charge in [0.2, 0.25) is 0 Å². The highest BCUT2D eigenvalue weighted by atomic mass is 32.2. The van der Waals surface area contributed by atoms with Crippen LogP contribution in [0.15, 0.2) is 40.1 Å². The van der Waals surface area contributed by atoms with Crippen LogP contribution >= 0.6 is 11.8 Å². The van der Waals surface area contributed by atoms with Gasteiger partial charge in [-0.25, -0.2) is 0 Å². The van der Waals surface area contributed by atoms with Gasteiger partial charge in [-0.1, -0.05) is 11.8 Å². The molecular formula is C14H11N3O5S. The average Bonchev–Trinajstić information content (AvgIpc) is 2.51. The smallest absolute Gasteiger partial charge is 0.297 e. The normalized spacial score (nSPS) is 11.9. The maximum absolute atomic E-state index is 11.3. The van der Waals surface area contributed by atoms with Crippen molar-refractivity contribution in [2.24, 2.45) is 0 Å². The summed E-state index contributed by atoms with van der Waals surface area (Å²) in [6.45, 7) is 2.17. The number of non-ortho nitro benzene ring substituents is 1. The van der Waals surface area contributed by atoms with E-state index < -0.39 is 9.85 Å². The van der Waals surface area contributed by atoms with Gasteiger partial charge in [0.1, 0.15) is 11.4 Å². The van der Waals surface area contributed by atoms with Crippen molar-refractivity contribution in [1.82, 2.24) is 0 Å². The van der Waals surface area contributed by atoms with Gasteiger partial charge in [-0.05, 0) is 19.1 Å². The van der Waals surface area contributed by atoms with Crippen molar-refractivity contribution in [2.45, 2.75) is 16.7 Å². The molecule has 9 heteroatoms. The van der Waals surface area contributed by atoms with Crippen molar-refractivity contribution in [3.8, 4) is 5.75 Å². The zero-order chi connectivity index (χ0) is 16.6. The third-order valence-corrected chi connectivity index (χ3v) is 4.32. The fourth-order valence-electron chi connectivity index (χ4n) is 2.24. The molecule has 0 saturated carbocycles. The molecule has 0 aliphatic carbocycles. The van der Waals surface area contributed by atoms with Gasteiger partial charge in [-0.15, -0.1) is 0 Å². The number of hydrogen-bond acceptors (Lipinski definition) is 7. The van der Waals surface area contributed by atoms with Crippen LogP contribution in [0.5, 0.6) is 5.75 Å². The van der Waals surface area contributed by atoms with Crippen molar-refractivity contribution in [3.63, 3.8) is 0 Å². The molecule has 8 nitrogen and oxygen atoms in total. The number of rotatable bonds is 4. The molecule has 118 valence electrons. The summed E-state index contributed by atoms with van der Waals surface area (Å²) in [7, 11) is 0. The number of nitro benzene ring substituents is 2. The highest BCUT2D eigenvalue weighted by molar-refractivity contribution is 7.99. The molecule has 0 aromatic heterocycles. The number of benzene rings is 2. The van der Waals surface area contributed by atoms with Crippen molar-refractivity contribution < 1.29 is 14.6 Å². The van der Waals surface area contributed by atoms with E-state index in [1.807, 2.05) is 0 Å². The molecule has 0 spiro atoms. The van der Waals surface area contributed by atoms with Crippen LogP contribution in [-0.4, -0.2) is 16.5 Å². The Labute approximate surface area is 134 Å². The first-order chi connectivity index (χ1) is 11.0. The zero-order valence-electron chi connectivity index (χ0n) is 11.9. The molecule has 0 saturated heterocycles. The van der Waals surface area contributed by atoms with Gasteiger partial charge < -0.3 is 10.1 Å². The minimum atomic E-state index is -0.481. The molecule has 3 rings (SSSR count). The molecule has 0 radical (unpaired) electrons. The number of nitrogens with zero attached hydrogens (tertiary/aromatic N) is 2. The van der Waals surface area contributed by atoms with Crippen molar-refractivity contribution in [1.29, 1.82) is 0 Å². The molecule has 23 heavy (non-hydrogen) atoms. The summed E-state index contributed by atoms with van der Waals surface area (Å²) in [5.74, 6) is 0.390. The van der Waals surface area contributed by atoms with E-state index in [9.17, 15) is 20.2 Å². The fourth-order valence-corrected chi connectivity index (χ4v) is 3.32. The average molecular weight is 333 g/mol. The highest BCUT2D eigenvalue weighted by Gasteiger charge is 2.27. The molecule has 1 aliphatic heterocycles. The summed E-state index contributed by atoms with van der Waals surface area (Å²) >= 11 is 1.23. The van der Waals surface area contributed by atoms with E-state index in [-0.39, 0.29) is 11.4 Å². The van der Waals surface area contributed by atoms with Crippen molar-refractivity contribution in [2.75, 3.05) is 11.9 Å². The van der Waals surface area contributed by atoms with E-state index in [1.165, 1.54) is 30.0 Å². The summed E-state index contributed by atoms with van der Waals surface area (Å²) in [5.41, 5.74) is 0.838. The summed E-state index contributed by atoms with van der Waals surface area (Å²) in [6, 6.07) is 7.40. The maximum Gasteiger partial charge on any atom is 0.297 e. The van der Waals surface area contributed by atoms with E-state index in [2.05, 4.69) is 5.32 Å². The molecule has 0 bridgehead atoms. The van der Waals surface area contributed by atoms with Crippen molar-refractivity contribution >= 4 is 34.5 Å². The first-order valence-corrected chi connectivity index (χ1v) is 7.49. The number of fused-ring (bicyclic) bond motifs is 2. The Morgan fingerprint density at radius 2 is 1.91 bits per heavy atom. The molecule has 2 aromatic carbocycles. The van der Waals surface area contributed by atoms with E-state index in [0.29, 0.717) is 33.5 Å². The molecule has 0 unspecified atom stereocenters. The van der Waals surface area contributed by atoms with E-state index >= 15 is 0 Å². The third-order valence-electron chi connectivity index (χ3n) is 3.22. The maximum atomic E-state index is 11.3. The third kappa shape index (κ3) is 2.78. The molecule has 1 N–H and O–H groups in total. The number of ether oxygens (including phenoxy) is 1. The monoisotopic (exact) mass is 333 g/mol. The molecule has 0 fully saturated rings. The number of nitro groups is 2. The number of nitrogens with one attached hydrogen (secondary N) is 1. The Morgan fingerprint density at radius 1 is 1.13 bits per heavy atom. The van der Waals surface area contributed by atoms with Crippen LogP contribution < -0.4 is 10.1 Å². The van der Waals surface area contributed by atoms with Crippen molar-refractivity contribution in [3.05, 3.63) is 50.6 Å². The van der Waals surface area contributed by atoms with Gasteiger partial charge in [0, 0.05) is 21.9 Å². The first kappa shape index (κ1) is 15.1. The Hall–Kier alpha value is -2.81. The lowest BCUT2D eigenvalue weighted by atomic mass is 10.2. The van der Waals surface area contributed by atoms with E-state index in [4.69, 9.17) is 4.74 Å². The van der Waals surface area contributed by atoms with Gasteiger partial charge in [0.25, 0.3) is 11.4 Å². The number of anilines is 2. The zero-order valence-corrected chi connectivity index (χ0v) is 12.8. The van der Waals surface area contributed by atoms with Gasteiger partial charge in [0.05, 0.1) is 28.2 Å². The standard InChI is InChI=1S/C14H11N3O5S/c1-2-22-9-6-11(17(20)21)14-13(7-9)23-12-5-8(16(18)19)3-4-10(12)15-14/h3-7,15H,2H2,1H3. The van der Waals surface area contributed by atoms with Crippen LogP contribution in [0.4, 0.5) is 22.7 Å². The Balaban J connectivity index is 2.09. The van der Waals surface area contributed by atoms with Crippen LogP contribution in [0.1, 0.15) is 6.92 Å². The van der Waals surface area contributed by atoms with Gasteiger partial charge in [0.15, 0.2) is 0 Å². The SMILES string of the molecule is CCOc1cc2c(c([N+](=O)[O-])c1)Nc1ccc([N+](=O)[O-])cc1S2. The van der Waals surface area contributed by atoms with Crippen LogP contribution in [-0.2, 0) is 0 Å². The summed E-state index contributed by atoms with van der Waals surface area (Å²) in [6.07, 6.45) is 0. The quantitative estimate of drug-likeness (QED) is 0.565. The molecular weight excluding hydrogens is 322 g/mol. The van der Waals surface area contributed by atoms with E-state index in [1.54, 1.807) is 19.1 Å². The second-order valence-electron chi connectivity index (χ2n) is 4.67. The minimum Gasteiger partial charge on any atom is -0.494 e. The molecule has 1 heterocycles. The summed E-state index contributed by atoms with van der Waals surface area (Å²) < 4.78 is 5.36. The molecule has 0 amide bonds. The minimum absolute atomic E-state index is 0.0306. The highest BCUT2D eigenvalue weighted by Crippen LogP contribution is 2.50. The largest absolute Gasteiger partial charge is 0.494 e. The van der Waals surface area contributed by atoms with Crippen LogP contribution in [0.2, 0.25) is 0 Å². The molecule has 1 aliphatic rings. The summed E-state index contributed by atoms with van der Waals surface area (Å²) in [5, 5.41) is 25.2. The Bertz CT molecular complexity index is 824. The second kappa shape index (κ2) is 5.76. The Kier molecular flexibility index (Phi) is 3.78. The molecule has 0 atom stereocenters. The molecule has 2 aromatic rings. The second-order valence-corrected chi connectivity index (χ2v) is 5.75. The van der Waals surface area contributed by atoms with Crippen LogP contribution in [0.25, 0.3) is 0 Å². The predicted octanol–water partition coefficient (Wildman–Crippen LogP) is 4.11. The van der Waals surface area contributed by atoms with Gasteiger partial charge >= 0.3 is 0 Å². The van der Waals surface area contributed by atoms with Crippen LogP contribution in [0.3, 0.4) is 0 Å². The fraction of sp³-hybridized carbons (Fsp3) is 0.143. The van der Waals surface area contributed by atoms with Crippen LogP contribution in [0, 0.1) is 20.2 Å². The summed E-state index contributed by atoms with van der Waals surface area (Å²) in [4.78, 5) is 22.4. The predicted molar refractivity (Wildman–Crippen MR) is 84.8 cm³/mol. The first-order valence-electron chi connectivity index (χ1n) is 6.68.